The van der Waals surface area contributed by atoms with Crippen LogP contribution in [-0.4, -0.2) is 20.0 Å². The SMILES string of the molecule is COc1cccc(C=O)c1OCCCC(C)(C)C. The van der Waals surface area contributed by atoms with Gasteiger partial charge in [-0.25, -0.2) is 0 Å². The van der Waals surface area contributed by atoms with Gasteiger partial charge in [-0.2, -0.15) is 0 Å². The molecule has 0 heterocycles. The summed E-state index contributed by atoms with van der Waals surface area (Å²) in [7, 11) is 1.58. The zero-order chi connectivity index (χ0) is 13.6. The normalized spacial score (nSPS) is 11.1. The maximum atomic E-state index is 11.0. The van der Waals surface area contributed by atoms with E-state index in [4.69, 9.17) is 9.47 Å². The minimum atomic E-state index is 0.303. The monoisotopic (exact) mass is 250 g/mol. The molecule has 0 spiro atoms. The van der Waals surface area contributed by atoms with Gasteiger partial charge in [0.2, 0.25) is 0 Å². The maximum absolute atomic E-state index is 11.0. The van der Waals surface area contributed by atoms with Crippen LogP contribution in [0.5, 0.6) is 11.5 Å². The number of methoxy groups -OCH3 is 1. The van der Waals surface area contributed by atoms with E-state index in [1.807, 2.05) is 0 Å². The number of ether oxygens (including phenoxy) is 2. The number of hydrogen-bond acceptors (Lipinski definition) is 3. The van der Waals surface area contributed by atoms with Crippen molar-refractivity contribution in [2.45, 2.75) is 33.6 Å². The van der Waals surface area contributed by atoms with E-state index in [0.717, 1.165) is 19.1 Å². The fourth-order valence-electron chi connectivity index (χ4n) is 1.72. The first kappa shape index (κ1) is 14.6. The van der Waals surface area contributed by atoms with E-state index in [9.17, 15) is 4.79 Å². The molecule has 0 aromatic heterocycles. The molecule has 1 rings (SSSR count). The number of rotatable bonds is 6. The lowest BCUT2D eigenvalue weighted by Crippen LogP contribution is -2.09. The summed E-state index contributed by atoms with van der Waals surface area (Å²) in [6.45, 7) is 7.20. The second-order valence-corrected chi connectivity index (χ2v) is 5.51. The van der Waals surface area contributed by atoms with E-state index in [1.54, 1.807) is 25.3 Å². The smallest absolute Gasteiger partial charge is 0.171 e. The second kappa shape index (κ2) is 6.43. The molecule has 1 aromatic rings. The summed E-state index contributed by atoms with van der Waals surface area (Å²) in [6, 6.07) is 5.31. The Labute approximate surface area is 109 Å². The van der Waals surface area contributed by atoms with E-state index in [2.05, 4.69) is 20.8 Å². The van der Waals surface area contributed by atoms with Crippen LogP contribution in [0.2, 0.25) is 0 Å². The summed E-state index contributed by atoms with van der Waals surface area (Å²) in [5, 5.41) is 0. The summed E-state index contributed by atoms with van der Waals surface area (Å²) >= 11 is 0. The lowest BCUT2D eigenvalue weighted by molar-refractivity contribution is 0.111. The number of hydrogen-bond donors (Lipinski definition) is 0. The Kier molecular flexibility index (Phi) is 5.20. The largest absolute Gasteiger partial charge is 0.493 e. The van der Waals surface area contributed by atoms with Crippen molar-refractivity contribution in [1.82, 2.24) is 0 Å². The predicted molar refractivity (Wildman–Crippen MR) is 72.6 cm³/mol. The summed E-state index contributed by atoms with van der Waals surface area (Å²) in [5.41, 5.74) is 0.836. The van der Waals surface area contributed by atoms with Crippen molar-refractivity contribution >= 4 is 6.29 Å². The quantitative estimate of drug-likeness (QED) is 0.570. The molecule has 0 radical (unpaired) electrons. The van der Waals surface area contributed by atoms with Crippen molar-refractivity contribution in [1.29, 1.82) is 0 Å². The summed E-state index contributed by atoms with van der Waals surface area (Å²) in [5.74, 6) is 1.15. The molecule has 0 N–H and O–H groups in total. The molecule has 0 atom stereocenters. The van der Waals surface area contributed by atoms with Crippen LogP contribution in [-0.2, 0) is 0 Å². The molecule has 0 fully saturated rings. The average molecular weight is 250 g/mol. The van der Waals surface area contributed by atoms with E-state index in [1.165, 1.54) is 0 Å². The molecular formula is C15H22O3. The van der Waals surface area contributed by atoms with Gasteiger partial charge in [-0.3, -0.25) is 4.79 Å². The van der Waals surface area contributed by atoms with Gasteiger partial charge in [-0.05, 0) is 30.4 Å². The Balaban J connectivity index is 2.63. The van der Waals surface area contributed by atoms with E-state index >= 15 is 0 Å². The summed E-state index contributed by atoms with van der Waals surface area (Å²) in [6.07, 6.45) is 2.83. The molecule has 3 heteroatoms. The first-order chi connectivity index (χ1) is 8.48. The van der Waals surface area contributed by atoms with Gasteiger partial charge in [-0.1, -0.05) is 26.8 Å². The van der Waals surface area contributed by atoms with Crippen molar-refractivity contribution in [2.75, 3.05) is 13.7 Å². The molecule has 0 saturated carbocycles. The highest BCUT2D eigenvalue weighted by molar-refractivity contribution is 5.81. The van der Waals surface area contributed by atoms with Crippen molar-refractivity contribution in [2.24, 2.45) is 5.41 Å². The van der Waals surface area contributed by atoms with Crippen molar-refractivity contribution < 1.29 is 14.3 Å². The van der Waals surface area contributed by atoms with Crippen LogP contribution >= 0.6 is 0 Å². The predicted octanol–water partition coefficient (Wildman–Crippen LogP) is 3.71. The topological polar surface area (TPSA) is 35.5 Å². The van der Waals surface area contributed by atoms with Crippen LogP contribution in [0.15, 0.2) is 18.2 Å². The van der Waals surface area contributed by atoms with Gasteiger partial charge in [0.05, 0.1) is 19.3 Å². The fraction of sp³-hybridized carbons (Fsp3) is 0.533. The van der Waals surface area contributed by atoms with Crippen molar-refractivity contribution in [3.63, 3.8) is 0 Å². The van der Waals surface area contributed by atoms with Gasteiger partial charge < -0.3 is 9.47 Å². The van der Waals surface area contributed by atoms with Gasteiger partial charge in [0.15, 0.2) is 17.8 Å². The average Bonchev–Trinajstić information content (AvgIpc) is 2.33. The molecule has 1 aromatic carbocycles. The molecule has 0 amide bonds. The van der Waals surface area contributed by atoms with Crippen LogP contribution < -0.4 is 9.47 Å². The van der Waals surface area contributed by atoms with Gasteiger partial charge in [0.25, 0.3) is 0 Å². The third kappa shape index (κ3) is 4.40. The van der Waals surface area contributed by atoms with E-state index in [-0.39, 0.29) is 0 Å². The summed E-state index contributed by atoms with van der Waals surface area (Å²) < 4.78 is 10.9. The lowest BCUT2D eigenvalue weighted by atomic mass is 9.91. The highest BCUT2D eigenvalue weighted by Crippen LogP contribution is 2.30. The Morgan fingerprint density at radius 3 is 2.56 bits per heavy atom. The minimum Gasteiger partial charge on any atom is -0.493 e. The zero-order valence-electron chi connectivity index (χ0n) is 11.7. The lowest BCUT2D eigenvalue weighted by Gasteiger charge is -2.18. The first-order valence-corrected chi connectivity index (χ1v) is 6.23. The highest BCUT2D eigenvalue weighted by atomic mass is 16.5. The van der Waals surface area contributed by atoms with Crippen LogP contribution in [0.25, 0.3) is 0 Å². The molecule has 0 aliphatic rings. The third-order valence-corrected chi connectivity index (χ3v) is 2.67. The molecule has 0 unspecified atom stereocenters. The number of benzene rings is 1. The van der Waals surface area contributed by atoms with Crippen molar-refractivity contribution in [3.8, 4) is 11.5 Å². The van der Waals surface area contributed by atoms with Gasteiger partial charge >= 0.3 is 0 Å². The molecule has 18 heavy (non-hydrogen) atoms. The second-order valence-electron chi connectivity index (χ2n) is 5.51. The molecule has 3 nitrogen and oxygen atoms in total. The molecule has 0 bridgehead atoms. The zero-order valence-corrected chi connectivity index (χ0v) is 11.7. The van der Waals surface area contributed by atoms with Crippen LogP contribution in [0.1, 0.15) is 44.0 Å². The van der Waals surface area contributed by atoms with E-state index < -0.39 is 0 Å². The first-order valence-electron chi connectivity index (χ1n) is 6.23. The van der Waals surface area contributed by atoms with E-state index in [0.29, 0.717) is 29.1 Å². The Morgan fingerprint density at radius 2 is 2.00 bits per heavy atom. The number of carbonyl (C=O) groups excluding carboxylic acids is 1. The van der Waals surface area contributed by atoms with Crippen molar-refractivity contribution in [3.05, 3.63) is 23.8 Å². The van der Waals surface area contributed by atoms with Gasteiger partial charge in [0, 0.05) is 0 Å². The highest BCUT2D eigenvalue weighted by Gasteiger charge is 2.12. The minimum absolute atomic E-state index is 0.303. The third-order valence-electron chi connectivity index (χ3n) is 2.67. The van der Waals surface area contributed by atoms with Crippen LogP contribution in [0.4, 0.5) is 0 Å². The number of para-hydroxylation sites is 1. The molecule has 0 aliphatic heterocycles. The maximum Gasteiger partial charge on any atom is 0.171 e. The fourth-order valence-corrected chi connectivity index (χ4v) is 1.72. The molecule has 100 valence electrons. The number of carbonyl (C=O) groups is 1. The van der Waals surface area contributed by atoms with Crippen LogP contribution in [0, 0.1) is 5.41 Å². The summed E-state index contributed by atoms with van der Waals surface area (Å²) in [4.78, 5) is 11.0. The Bertz CT molecular complexity index is 391. The molecular weight excluding hydrogens is 228 g/mol. The van der Waals surface area contributed by atoms with Crippen LogP contribution in [0.3, 0.4) is 0 Å². The van der Waals surface area contributed by atoms with Gasteiger partial charge in [0.1, 0.15) is 0 Å². The standard InChI is InChI=1S/C15H22O3/c1-15(2,3)9-6-10-18-14-12(11-16)7-5-8-13(14)17-4/h5,7-8,11H,6,9-10H2,1-4H3. The Morgan fingerprint density at radius 1 is 1.28 bits per heavy atom. The van der Waals surface area contributed by atoms with Gasteiger partial charge in [-0.15, -0.1) is 0 Å². The Hall–Kier alpha value is -1.51. The molecule has 0 saturated heterocycles. The molecule has 0 aliphatic carbocycles. The number of aldehydes is 1.